The van der Waals surface area contributed by atoms with Crippen molar-refractivity contribution in [1.29, 1.82) is 0 Å². The molecule has 0 bridgehead atoms. The topological polar surface area (TPSA) is 88.2 Å². The summed E-state index contributed by atoms with van der Waals surface area (Å²) in [4.78, 5) is 15.0. The lowest BCUT2D eigenvalue weighted by atomic mass is 10.1. The summed E-state index contributed by atoms with van der Waals surface area (Å²) in [7, 11) is -3.60. The minimum atomic E-state index is -3.60. The van der Waals surface area contributed by atoms with Gasteiger partial charge in [0.05, 0.1) is 36.4 Å². The summed E-state index contributed by atoms with van der Waals surface area (Å²) in [5.41, 5.74) is 0.473. The van der Waals surface area contributed by atoms with E-state index in [0.717, 1.165) is 0 Å². The number of benzene rings is 1. The van der Waals surface area contributed by atoms with E-state index in [0.29, 0.717) is 45.1 Å². The number of morpholine rings is 2. The summed E-state index contributed by atoms with van der Waals surface area (Å²) in [5.74, 6) is -0.165. The molecule has 0 saturated carbocycles. The van der Waals surface area contributed by atoms with Gasteiger partial charge in [0.2, 0.25) is 15.9 Å². The summed E-state index contributed by atoms with van der Waals surface area (Å²) >= 11 is 0. The zero-order chi connectivity index (χ0) is 20.3. The van der Waals surface area contributed by atoms with Gasteiger partial charge >= 0.3 is 0 Å². The highest BCUT2D eigenvalue weighted by atomic mass is 32.2. The molecule has 3 rings (SSSR count). The van der Waals surface area contributed by atoms with Gasteiger partial charge in [-0.2, -0.15) is 4.31 Å². The molecule has 0 radical (unpaired) electrons. The molecule has 2 heterocycles. The molecule has 1 amide bonds. The Morgan fingerprint density at radius 1 is 1.18 bits per heavy atom. The van der Waals surface area contributed by atoms with Gasteiger partial charge in [0.1, 0.15) is 0 Å². The maximum absolute atomic E-state index is 12.8. The van der Waals surface area contributed by atoms with Crippen LogP contribution in [0.15, 0.2) is 29.2 Å². The van der Waals surface area contributed by atoms with Crippen LogP contribution in [-0.2, 0) is 24.3 Å². The predicted molar refractivity (Wildman–Crippen MR) is 106 cm³/mol. The van der Waals surface area contributed by atoms with Crippen LogP contribution in [0.5, 0.6) is 0 Å². The van der Waals surface area contributed by atoms with E-state index in [1.807, 2.05) is 20.8 Å². The predicted octanol–water partition coefficient (Wildman–Crippen LogP) is 1.14. The van der Waals surface area contributed by atoms with Crippen molar-refractivity contribution in [3.05, 3.63) is 24.3 Å². The lowest BCUT2D eigenvalue weighted by Gasteiger charge is -2.38. The zero-order valence-corrected chi connectivity index (χ0v) is 17.4. The Balaban J connectivity index is 1.69. The van der Waals surface area contributed by atoms with Gasteiger partial charge in [-0.3, -0.25) is 9.69 Å². The summed E-state index contributed by atoms with van der Waals surface area (Å²) in [6, 6.07) is 6.07. The number of anilines is 1. The van der Waals surface area contributed by atoms with Crippen molar-refractivity contribution in [1.82, 2.24) is 9.21 Å². The second-order valence-corrected chi connectivity index (χ2v) is 9.36. The van der Waals surface area contributed by atoms with Gasteiger partial charge in [-0.05, 0) is 39.0 Å². The van der Waals surface area contributed by atoms with Crippen LogP contribution in [0.4, 0.5) is 5.69 Å². The number of ether oxygens (including phenoxy) is 2. The third-order valence-electron chi connectivity index (χ3n) is 5.08. The molecule has 0 aromatic heterocycles. The first-order valence-corrected chi connectivity index (χ1v) is 11.1. The van der Waals surface area contributed by atoms with Crippen LogP contribution < -0.4 is 5.32 Å². The van der Waals surface area contributed by atoms with E-state index in [9.17, 15) is 13.2 Å². The highest BCUT2D eigenvalue weighted by molar-refractivity contribution is 7.89. The Kier molecular flexibility index (Phi) is 6.72. The normalized spacial score (nSPS) is 26.0. The molecule has 156 valence electrons. The van der Waals surface area contributed by atoms with Gasteiger partial charge in [0.15, 0.2) is 0 Å². The Morgan fingerprint density at radius 2 is 1.82 bits per heavy atom. The van der Waals surface area contributed by atoms with Crippen molar-refractivity contribution in [2.75, 3.05) is 44.7 Å². The molecule has 8 nitrogen and oxygen atoms in total. The number of sulfonamides is 1. The molecule has 0 unspecified atom stereocenters. The number of carbonyl (C=O) groups is 1. The van der Waals surface area contributed by atoms with E-state index in [4.69, 9.17) is 9.47 Å². The van der Waals surface area contributed by atoms with Crippen LogP contribution in [0.2, 0.25) is 0 Å². The first-order chi connectivity index (χ1) is 13.3. The Bertz CT molecular complexity index is 785. The maximum atomic E-state index is 12.8. The molecule has 0 spiro atoms. The van der Waals surface area contributed by atoms with Crippen LogP contribution in [-0.4, -0.2) is 81.2 Å². The first-order valence-electron chi connectivity index (χ1n) is 9.65. The Morgan fingerprint density at radius 3 is 2.46 bits per heavy atom. The van der Waals surface area contributed by atoms with Gasteiger partial charge in [0, 0.05) is 31.9 Å². The fourth-order valence-corrected chi connectivity index (χ4v) is 5.07. The highest BCUT2D eigenvalue weighted by Crippen LogP contribution is 2.21. The maximum Gasteiger partial charge on any atom is 0.243 e. The molecular formula is C19H29N3O5S. The molecule has 9 heteroatoms. The van der Waals surface area contributed by atoms with Crippen molar-refractivity contribution < 1.29 is 22.7 Å². The van der Waals surface area contributed by atoms with E-state index < -0.39 is 10.0 Å². The summed E-state index contributed by atoms with van der Waals surface area (Å²) < 4.78 is 38.0. The largest absolute Gasteiger partial charge is 0.379 e. The molecule has 28 heavy (non-hydrogen) atoms. The average Bonchev–Trinajstić information content (AvgIpc) is 2.67. The standard InChI is InChI=1S/C19H29N3O5S/c1-14-12-21(13-15(2)27-14)16(3)19(23)20-17-5-4-6-18(11-17)28(24,25)22-7-9-26-10-8-22/h4-6,11,14-16H,7-10,12-13H2,1-3H3,(H,20,23)/t14-,15+,16-/m1/s1. The van der Waals surface area contributed by atoms with Crippen molar-refractivity contribution in [2.45, 2.75) is 43.9 Å². The zero-order valence-electron chi connectivity index (χ0n) is 16.6. The monoisotopic (exact) mass is 411 g/mol. The molecule has 0 aliphatic carbocycles. The number of hydrogen-bond donors (Lipinski definition) is 1. The highest BCUT2D eigenvalue weighted by Gasteiger charge is 2.30. The van der Waals surface area contributed by atoms with Gasteiger partial charge in [-0.25, -0.2) is 8.42 Å². The van der Waals surface area contributed by atoms with Gasteiger partial charge in [0.25, 0.3) is 0 Å². The van der Waals surface area contributed by atoms with E-state index in [-0.39, 0.29) is 29.1 Å². The van der Waals surface area contributed by atoms with Crippen LogP contribution in [0.1, 0.15) is 20.8 Å². The van der Waals surface area contributed by atoms with E-state index in [2.05, 4.69) is 10.2 Å². The van der Waals surface area contributed by atoms with Crippen LogP contribution in [0, 0.1) is 0 Å². The smallest absolute Gasteiger partial charge is 0.243 e. The number of hydrogen-bond acceptors (Lipinski definition) is 6. The van der Waals surface area contributed by atoms with Crippen molar-refractivity contribution in [3.63, 3.8) is 0 Å². The number of carbonyl (C=O) groups excluding carboxylic acids is 1. The Hall–Kier alpha value is -1.52. The lowest BCUT2D eigenvalue weighted by Crippen LogP contribution is -2.52. The number of rotatable bonds is 5. The van der Waals surface area contributed by atoms with Gasteiger partial charge in [-0.1, -0.05) is 6.07 Å². The molecule has 2 aliphatic rings. The third kappa shape index (κ3) is 4.90. The molecule has 1 N–H and O–H groups in total. The molecule has 2 aliphatic heterocycles. The average molecular weight is 412 g/mol. The van der Waals surface area contributed by atoms with E-state index >= 15 is 0 Å². The minimum absolute atomic E-state index is 0.0704. The number of nitrogens with zero attached hydrogens (tertiary/aromatic N) is 2. The van der Waals surface area contributed by atoms with Crippen molar-refractivity contribution in [3.8, 4) is 0 Å². The van der Waals surface area contributed by atoms with Crippen molar-refractivity contribution in [2.24, 2.45) is 0 Å². The van der Waals surface area contributed by atoms with E-state index in [1.165, 1.54) is 10.4 Å². The van der Waals surface area contributed by atoms with E-state index in [1.54, 1.807) is 18.2 Å². The summed E-state index contributed by atoms with van der Waals surface area (Å²) in [5, 5.41) is 2.85. The first kappa shape index (κ1) is 21.2. The quantitative estimate of drug-likeness (QED) is 0.782. The minimum Gasteiger partial charge on any atom is -0.379 e. The Labute approximate surface area is 166 Å². The SMILES string of the molecule is C[C@@H]1CN([C@H](C)C(=O)Nc2cccc(S(=O)(=O)N3CCOCC3)c2)C[C@H](C)O1. The molecule has 1 aromatic carbocycles. The van der Waals surface area contributed by atoms with Crippen LogP contribution in [0.25, 0.3) is 0 Å². The van der Waals surface area contributed by atoms with Crippen LogP contribution in [0.3, 0.4) is 0 Å². The molecule has 3 atom stereocenters. The summed E-state index contributed by atoms with van der Waals surface area (Å²) in [6.45, 7) is 8.67. The second kappa shape index (κ2) is 8.87. The fourth-order valence-electron chi connectivity index (χ4n) is 3.62. The molecular weight excluding hydrogens is 382 g/mol. The number of amides is 1. The number of nitrogens with one attached hydrogen (secondary N) is 1. The second-order valence-electron chi connectivity index (χ2n) is 7.42. The van der Waals surface area contributed by atoms with Crippen LogP contribution >= 0.6 is 0 Å². The van der Waals surface area contributed by atoms with Crippen molar-refractivity contribution >= 4 is 21.6 Å². The van der Waals surface area contributed by atoms with Gasteiger partial charge in [-0.15, -0.1) is 0 Å². The molecule has 2 fully saturated rings. The third-order valence-corrected chi connectivity index (χ3v) is 6.98. The summed E-state index contributed by atoms with van der Waals surface area (Å²) in [6.07, 6.45) is 0.141. The molecule has 2 saturated heterocycles. The van der Waals surface area contributed by atoms with Gasteiger partial charge < -0.3 is 14.8 Å². The lowest BCUT2D eigenvalue weighted by molar-refractivity contribution is -0.126. The molecule has 1 aromatic rings. The fraction of sp³-hybridized carbons (Fsp3) is 0.632.